The van der Waals surface area contributed by atoms with Crippen molar-refractivity contribution in [2.75, 3.05) is 0 Å². The summed E-state index contributed by atoms with van der Waals surface area (Å²) in [5.41, 5.74) is 3.24. The van der Waals surface area contributed by atoms with Crippen LogP contribution in [0.2, 0.25) is 0 Å². The summed E-state index contributed by atoms with van der Waals surface area (Å²) in [7, 11) is 0. The van der Waals surface area contributed by atoms with E-state index in [1.54, 1.807) is 0 Å². The highest BCUT2D eigenvalue weighted by Gasteiger charge is 2.09. The molecule has 1 aromatic carbocycles. The van der Waals surface area contributed by atoms with Crippen molar-refractivity contribution in [3.8, 4) is 5.82 Å². The van der Waals surface area contributed by atoms with Crippen LogP contribution in [0.5, 0.6) is 0 Å². The highest BCUT2D eigenvalue weighted by atomic mass is 15.1. The van der Waals surface area contributed by atoms with Gasteiger partial charge in [0.05, 0.1) is 11.0 Å². The Bertz CT molecular complexity index is 715. The summed E-state index contributed by atoms with van der Waals surface area (Å²) in [5.74, 6) is 0.939. The van der Waals surface area contributed by atoms with E-state index in [9.17, 15) is 0 Å². The first kappa shape index (κ1) is 12.8. The molecule has 0 radical (unpaired) electrons. The molecule has 0 spiro atoms. The predicted molar refractivity (Wildman–Crippen MR) is 80.8 cm³/mol. The highest BCUT2D eigenvalue weighted by molar-refractivity contribution is 5.77. The van der Waals surface area contributed by atoms with Gasteiger partial charge in [-0.1, -0.05) is 32.0 Å². The minimum atomic E-state index is 0.447. The number of rotatable bonds is 4. The Hall–Kier alpha value is -2.20. The summed E-state index contributed by atoms with van der Waals surface area (Å²) >= 11 is 0. The van der Waals surface area contributed by atoms with Crippen molar-refractivity contribution in [2.45, 2.75) is 26.4 Å². The second-order valence-electron chi connectivity index (χ2n) is 5.13. The van der Waals surface area contributed by atoms with E-state index < -0.39 is 0 Å². The maximum Gasteiger partial charge on any atom is 0.142 e. The van der Waals surface area contributed by atoms with Gasteiger partial charge in [0.2, 0.25) is 0 Å². The normalized spacial score (nSPS) is 11.3. The molecule has 0 bridgehead atoms. The molecular weight excluding hydrogens is 248 g/mol. The Kier molecular flexibility index (Phi) is 3.48. The van der Waals surface area contributed by atoms with Gasteiger partial charge in [0, 0.05) is 24.3 Å². The van der Waals surface area contributed by atoms with Crippen LogP contribution in [-0.4, -0.2) is 20.6 Å². The van der Waals surface area contributed by atoms with Gasteiger partial charge >= 0.3 is 0 Å². The molecule has 0 saturated heterocycles. The Morgan fingerprint density at radius 2 is 1.95 bits per heavy atom. The van der Waals surface area contributed by atoms with E-state index in [4.69, 9.17) is 0 Å². The average Bonchev–Trinajstić information content (AvgIpc) is 2.89. The number of nitrogens with one attached hydrogen (secondary N) is 1. The van der Waals surface area contributed by atoms with Crippen molar-refractivity contribution in [1.29, 1.82) is 0 Å². The molecule has 20 heavy (non-hydrogen) atoms. The van der Waals surface area contributed by atoms with Crippen LogP contribution in [-0.2, 0) is 6.54 Å². The lowest BCUT2D eigenvalue weighted by molar-refractivity contribution is 0.586. The van der Waals surface area contributed by atoms with E-state index in [1.807, 2.05) is 41.4 Å². The fraction of sp³-hybridized carbons (Fsp3) is 0.250. The van der Waals surface area contributed by atoms with Crippen molar-refractivity contribution >= 4 is 11.0 Å². The maximum atomic E-state index is 4.53. The smallest absolute Gasteiger partial charge is 0.142 e. The van der Waals surface area contributed by atoms with Crippen molar-refractivity contribution < 1.29 is 0 Å². The first-order chi connectivity index (χ1) is 9.75. The van der Waals surface area contributed by atoms with Crippen LogP contribution in [0.25, 0.3) is 16.9 Å². The number of benzene rings is 1. The summed E-state index contributed by atoms with van der Waals surface area (Å²) in [6.07, 6.45) is 3.66. The first-order valence-corrected chi connectivity index (χ1v) is 6.85. The van der Waals surface area contributed by atoms with Crippen LogP contribution in [0, 0.1) is 0 Å². The zero-order valence-corrected chi connectivity index (χ0v) is 11.7. The van der Waals surface area contributed by atoms with E-state index in [0.717, 1.165) is 23.4 Å². The number of fused-ring (bicyclic) bond motifs is 1. The molecule has 1 N–H and O–H groups in total. The number of nitrogens with zero attached hydrogens (tertiary/aromatic N) is 3. The lowest BCUT2D eigenvalue weighted by atomic mass is 10.2. The van der Waals surface area contributed by atoms with E-state index in [2.05, 4.69) is 41.3 Å². The molecule has 4 heteroatoms. The first-order valence-electron chi connectivity index (χ1n) is 6.85. The zero-order valence-electron chi connectivity index (χ0n) is 11.7. The number of hydrogen-bond donors (Lipinski definition) is 1. The molecule has 0 unspecified atom stereocenters. The third-order valence-corrected chi connectivity index (χ3v) is 3.25. The Balaban J connectivity index is 2.05. The highest BCUT2D eigenvalue weighted by Crippen LogP contribution is 2.19. The van der Waals surface area contributed by atoms with Crippen LogP contribution in [0.15, 0.2) is 48.9 Å². The van der Waals surface area contributed by atoms with Crippen LogP contribution in [0.1, 0.15) is 19.4 Å². The van der Waals surface area contributed by atoms with E-state index >= 15 is 0 Å². The third-order valence-electron chi connectivity index (χ3n) is 3.25. The van der Waals surface area contributed by atoms with Gasteiger partial charge in [-0.3, -0.25) is 4.57 Å². The van der Waals surface area contributed by atoms with Gasteiger partial charge in [-0.05, 0) is 18.2 Å². The second-order valence-corrected chi connectivity index (χ2v) is 5.13. The molecule has 2 heterocycles. The SMILES string of the molecule is CC(C)NCc1cccnc1-n1cnc2ccccc21. The Morgan fingerprint density at radius 3 is 2.80 bits per heavy atom. The molecule has 102 valence electrons. The lowest BCUT2D eigenvalue weighted by Crippen LogP contribution is -2.22. The second kappa shape index (κ2) is 5.43. The van der Waals surface area contributed by atoms with Gasteiger partial charge in [0.1, 0.15) is 12.1 Å². The number of hydrogen-bond acceptors (Lipinski definition) is 3. The number of aromatic nitrogens is 3. The molecule has 3 aromatic rings. The molecule has 0 aliphatic rings. The van der Waals surface area contributed by atoms with E-state index in [0.29, 0.717) is 6.04 Å². The number of imidazole rings is 1. The fourth-order valence-electron chi connectivity index (χ4n) is 2.23. The van der Waals surface area contributed by atoms with Gasteiger partial charge < -0.3 is 5.32 Å². The summed E-state index contributed by atoms with van der Waals surface area (Å²) in [4.78, 5) is 8.97. The molecule has 0 aliphatic heterocycles. The summed E-state index contributed by atoms with van der Waals surface area (Å²) in [6.45, 7) is 5.08. The van der Waals surface area contributed by atoms with Gasteiger partial charge in [-0.2, -0.15) is 0 Å². The summed E-state index contributed by atoms with van der Waals surface area (Å²) in [5, 5.41) is 3.44. The topological polar surface area (TPSA) is 42.7 Å². The van der Waals surface area contributed by atoms with E-state index in [-0.39, 0.29) is 0 Å². The van der Waals surface area contributed by atoms with Gasteiger partial charge in [0.25, 0.3) is 0 Å². The van der Waals surface area contributed by atoms with Crippen molar-refractivity contribution in [3.63, 3.8) is 0 Å². The minimum Gasteiger partial charge on any atom is -0.310 e. The average molecular weight is 266 g/mol. The summed E-state index contributed by atoms with van der Waals surface area (Å²) in [6, 6.07) is 12.6. The summed E-state index contributed by atoms with van der Waals surface area (Å²) < 4.78 is 2.05. The van der Waals surface area contributed by atoms with Crippen LogP contribution < -0.4 is 5.32 Å². The standard InChI is InChI=1S/C16H18N4/c1-12(2)18-10-13-6-5-9-17-16(13)20-11-19-14-7-3-4-8-15(14)20/h3-9,11-12,18H,10H2,1-2H3. The lowest BCUT2D eigenvalue weighted by Gasteiger charge is -2.12. The quantitative estimate of drug-likeness (QED) is 0.789. The molecule has 0 saturated carbocycles. The minimum absolute atomic E-state index is 0.447. The molecule has 2 aromatic heterocycles. The molecule has 0 atom stereocenters. The van der Waals surface area contributed by atoms with Crippen molar-refractivity contribution in [3.05, 3.63) is 54.5 Å². The van der Waals surface area contributed by atoms with Crippen molar-refractivity contribution in [1.82, 2.24) is 19.9 Å². The molecule has 0 fully saturated rings. The Morgan fingerprint density at radius 1 is 1.10 bits per heavy atom. The maximum absolute atomic E-state index is 4.53. The molecule has 4 nitrogen and oxygen atoms in total. The number of para-hydroxylation sites is 2. The fourth-order valence-corrected chi connectivity index (χ4v) is 2.23. The van der Waals surface area contributed by atoms with Crippen molar-refractivity contribution in [2.24, 2.45) is 0 Å². The predicted octanol–water partition coefficient (Wildman–Crippen LogP) is 2.92. The van der Waals surface area contributed by atoms with Crippen LogP contribution >= 0.6 is 0 Å². The van der Waals surface area contributed by atoms with Gasteiger partial charge in [-0.25, -0.2) is 9.97 Å². The number of pyridine rings is 1. The largest absolute Gasteiger partial charge is 0.310 e. The molecule has 0 aliphatic carbocycles. The molecular formula is C16H18N4. The third kappa shape index (κ3) is 2.42. The van der Waals surface area contributed by atoms with Crippen LogP contribution in [0.3, 0.4) is 0 Å². The molecule has 3 rings (SSSR count). The Labute approximate surface area is 118 Å². The zero-order chi connectivity index (χ0) is 13.9. The van der Waals surface area contributed by atoms with Gasteiger partial charge in [-0.15, -0.1) is 0 Å². The van der Waals surface area contributed by atoms with Crippen LogP contribution in [0.4, 0.5) is 0 Å². The van der Waals surface area contributed by atoms with E-state index in [1.165, 1.54) is 5.56 Å². The molecule has 0 amide bonds. The monoisotopic (exact) mass is 266 g/mol. The van der Waals surface area contributed by atoms with Gasteiger partial charge in [0.15, 0.2) is 0 Å².